The van der Waals surface area contributed by atoms with Crippen molar-refractivity contribution in [1.29, 1.82) is 0 Å². The summed E-state index contributed by atoms with van der Waals surface area (Å²) in [6.45, 7) is 0.0318. The van der Waals surface area contributed by atoms with E-state index in [-0.39, 0.29) is 24.6 Å². The third-order valence-corrected chi connectivity index (χ3v) is 3.20. The fraction of sp³-hybridized carbons (Fsp3) is 0.385. The zero-order chi connectivity index (χ0) is 15.6. The summed E-state index contributed by atoms with van der Waals surface area (Å²) in [6, 6.07) is 2.88. The van der Waals surface area contributed by atoms with E-state index >= 15 is 0 Å². The second-order valence-electron chi connectivity index (χ2n) is 4.80. The molecule has 0 radical (unpaired) electrons. The Bertz CT molecular complexity index is 600. The van der Waals surface area contributed by atoms with Crippen LogP contribution < -0.4 is 0 Å². The molecule has 1 N–H and O–H groups in total. The van der Waals surface area contributed by atoms with Crippen LogP contribution in [0.2, 0.25) is 0 Å². The highest BCUT2D eigenvalue weighted by Gasteiger charge is 2.33. The molecule has 0 bridgehead atoms. The van der Waals surface area contributed by atoms with E-state index in [0.717, 1.165) is 25.0 Å². The van der Waals surface area contributed by atoms with Crippen LogP contribution >= 0.6 is 0 Å². The molecule has 1 aliphatic rings. The van der Waals surface area contributed by atoms with E-state index in [4.69, 9.17) is 5.11 Å². The summed E-state index contributed by atoms with van der Waals surface area (Å²) in [5.41, 5.74) is -0.782. The Morgan fingerprint density at radius 1 is 1.43 bits per heavy atom. The fourth-order valence-corrected chi connectivity index (χ4v) is 2.00. The number of carbonyl (C=O) groups is 2. The van der Waals surface area contributed by atoms with Gasteiger partial charge in [-0.2, -0.15) is 4.39 Å². The van der Waals surface area contributed by atoms with Gasteiger partial charge in [0.15, 0.2) is 0 Å². The molecule has 1 saturated carbocycles. The number of nitro benzene ring substituents is 1. The first-order valence-electron chi connectivity index (χ1n) is 6.37. The molecule has 1 aromatic rings. The monoisotopic (exact) mass is 296 g/mol. The molecule has 8 heteroatoms. The normalized spacial score (nSPS) is 13.8. The topological polar surface area (TPSA) is 101 Å². The minimum absolute atomic E-state index is 0.0135. The molecule has 1 aromatic carbocycles. The molecule has 1 fully saturated rings. The molecule has 0 atom stereocenters. The Morgan fingerprint density at radius 3 is 2.62 bits per heavy atom. The molecule has 21 heavy (non-hydrogen) atoms. The SMILES string of the molecule is O=C(O)CCN(C(=O)c1ccc(F)c([N+](=O)[O-])c1)C1CC1. The van der Waals surface area contributed by atoms with Crippen LogP contribution in [0, 0.1) is 15.9 Å². The van der Waals surface area contributed by atoms with E-state index < -0.39 is 28.3 Å². The smallest absolute Gasteiger partial charge is 0.305 e. The van der Waals surface area contributed by atoms with Crippen molar-refractivity contribution in [2.75, 3.05) is 6.54 Å². The van der Waals surface area contributed by atoms with Crippen LogP contribution in [0.1, 0.15) is 29.6 Å². The maximum absolute atomic E-state index is 13.3. The lowest BCUT2D eigenvalue weighted by Crippen LogP contribution is -2.35. The van der Waals surface area contributed by atoms with Crippen LogP contribution in [0.3, 0.4) is 0 Å². The molecule has 0 spiro atoms. The van der Waals surface area contributed by atoms with Gasteiger partial charge in [0.1, 0.15) is 0 Å². The van der Waals surface area contributed by atoms with Crippen molar-refractivity contribution < 1.29 is 24.0 Å². The van der Waals surface area contributed by atoms with Crippen molar-refractivity contribution in [1.82, 2.24) is 4.90 Å². The molecule has 7 nitrogen and oxygen atoms in total. The molecule has 112 valence electrons. The highest BCUT2D eigenvalue weighted by Crippen LogP contribution is 2.29. The zero-order valence-corrected chi connectivity index (χ0v) is 11.0. The van der Waals surface area contributed by atoms with E-state index in [9.17, 15) is 24.1 Å². The van der Waals surface area contributed by atoms with Crippen LogP contribution in [0.5, 0.6) is 0 Å². The Balaban J connectivity index is 2.22. The first-order chi connectivity index (χ1) is 9.90. The molecule has 1 aliphatic carbocycles. The maximum atomic E-state index is 13.3. The van der Waals surface area contributed by atoms with Gasteiger partial charge in [0.2, 0.25) is 5.82 Å². The van der Waals surface area contributed by atoms with Gasteiger partial charge >= 0.3 is 11.7 Å². The van der Waals surface area contributed by atoms with Gasteiger partial charge in [0.05, 0.1) is 11.3 Å². The van der Waals surface area contributed by atoms with Gasteiger partial charge in [-0.1, -0.05) is 0 Å². The molecule has 1 amide bonds. The number of hydrogen-bond donors (Lipinski definition) is 1. The van der Waals surface area contributed by atoms with Crippen LogP contribution in [0.4, 0.5) is 10.1 Å². The van der Waals surface area contributed by atoms with E-state index in [1.54, 1.807) is 0 Å². The zero-order valence-electron chi connectivity index (χ0n) is 11.0. The quantitative estimate of drug-likeness (QED) is 0.637. The Kier molecular flexibility index (Phi) is 4.15. The van der Waals surface area contributed by atoms with Gasteiger partial charge in [-0.15, -0.1) is 0 Å². The summed E-state index contributed by atoms with van der Waals surface area (Å²) in [5.74, 6) is -2.56. The van der Waals surface area contributed by atoms with Gasteiger partial charge in [-0.25, -0.2) is 0 Å². The number of halogens is 1. The lowest BCUT2D eigenvalue weighted by molar-refractivity contribution is -0.387. The van der Waals surface area contributed by atoms with E-state index in [1.165, 1.54) is 11.0 Å². The number of nitro groups is 1. The summed E-state index contributed by atoms with van der Waals surface area (Å²) in [7, 11) is 0. The average molecular weight is 296 g/mol. The lowest BCUT2D eigenvalue weighted by Gasteiger charge is -2.21. The largest absolute Gasteiger partial charge is 0.481 e. The van der Waals surface area contributed by atoms with Crippen LogP contribution in [0.15, 0.2) is 18.2 Å². The first kappa shape index (κ1) is 14.9. The number of carbonyl (C=O) groups excluding carboxylic acids is 1. The second kappa shape index (κ2) is 5.86. The van der Waals surface area contributed by atoms with Gasteiger partial charge < -0.3 is 10.0 Å². The van der Waals surface area contributed by atoms with Crippen molar-refractivity contribution in [2.45, 2.75) is 25.3 Å². The number of amides is 1. The Hall–Kier alpha value is -2.51. The fourth-order valence-electron chi connectivity index (χ4n) is 2.00. The predicted molar refractivity (Wildman–Crippen MR) is 69.4 cm³/mol. The number of benzene rings is 1. The highest BCUT2D eigenvalue weighted by atomic mass is 19.1. The lowest BCUT2D eigenvalue weighted by atomic mass is 10.1. The molecule has 0 unspecified atom stereocenters. The molecule has 0 heterocycles. The summed E-state index contributed by atoms with van der Waals surface area (Å²) in [6.07, 6.45) is 1.34. The summed E-state index contributed by atoms with van der Waals surface area (Å²) in [5, 5.41) is 19.4. The first-order valence-corrected chi connectivity index (χ1v) is 6.37. The number of aliphatic carboxylic acids is 1. The Labute approximate surface area is 119 Å². The van der Waals surface area contributed by atoms with Gasteiger partial charge in [0, 0.05) is 24.2 Å². The Morgan fingerprint density at radius 2 is 2.10 bits per heavy atom. The number of hydrogen-bond acceptors (Lipinski definition) is 4. The molecule has 0 aliphatic heterocycles. The molecular weight excluding hydrogens is 283 g/mol. The maximum Gasteiger partial charge on any atom is 0.305 e. The van der Waals surface area contributed by atoms with Crippen molar-refractivity contribution in [3.05, 3.63) is 39.7 Å². The molecule has 0 aromatic heterocycles. The third kappa shape index (κ3) is 3.53. The predicted octanol–water partition coefficient (Wildman–Crippen LogP) is 1.81. The third-order valence-electron chi connectivity index (χ3n) is 3.20. The summed E-state index contributed by atoms with van der Waals surface area (Å²) < 4.78 is 13.3. The average Bonchev–Trinajstić information content (AvgIpc) is 3.23. The van der Waals surface area contributed by atoms with Gasteiger partial charge in [-0.05, 0) is 25.0 Å². The van der Waals surface area contributed by atoms with E-state index in [1.807, 2.05) is 0 Å². The minimum Gasteiger partial charge on any atom is -0.481 e. The molecular formula is C13H13FN2O5. The van der Waals surface area contributed by atoms with Crippen molar-refractivity contribution in [2.24, 2.45) is 0 Å². The van der Waals surface area contributed by atoms with Crippen molar-refractivity contribution in [3.8, 4) is 0 Å². The molecule has 0 saturated heterocycles. The van der Waals surface area contributed by atoms with Gasteiger partial charge in [0.25, 0.3) is 5.91 Å². The number of carboxylic acid groups (broad SMARTS) is 1. The van der Waals surface area contributed by atoms with Crippen LogP contribution in [-0.2, 0) is 4.79 Å². The summed E-state index contributed by atoms with van der Waals surface area (Å²) in [4.78, 5) is 34.1. The van der Waals surface area contributed by atoms with E-state index in [2.05, 4.69) is 0 Å². The van der Waals surface area contributed by atoms with Crippen LogP contribution in [0.25, 0.3) is 0 Å². The summed E-state index contributed by atoms with van der Waals surface area (Å²) >= 11 is 0. The minimum atomic E-state index is -1.03. The van der Waals surface area contributed by atoms with Crippen molar-refractivity contribution >= 4 is 17.6 Å². The number of carboxylic acids is 1. The second-order valence-corrected chi connectivity index (χ2v) is 4.80. The highest BCUT2D eigenvalue weighted by molar-refractivity contribution is 5.95. The van der Waals surface area contributed by atoms with E-state index in [0.29, 0.717) is 0 Å². The molecule has 2 rings (SSSR count). The standard InChI is InChI=1S/C13H13FN2O5/c14-10-4-1-8(7-11(10)16(20)21)13(19)15(9-2-3-9)6-5-12(17)18/h1,4,7,9H,2-3,5-6H2,(H,17,18). The number of rotatable bonds is 6. The van der Waals surface area contributed by atoms with Crippen LogP contribution in [-0.4, -0.2) is 39.4 Å². The van der Waals surface area contributed by atoms with Gasteiger partial charge in [-0.3, -0.25) is 19.7 Å². The number of nitrogens with zero attached hydrogens (tertiary/aromatic N) is 2. The van der Waals surface area contributed by atoms with Crippen molar-refractivity contribution in [3.63, 3.8) is 0 Å².